The van der Waals surface area contributed by atoms with E-state index in [0.717, 1.165) is 35.9 Å². The molecule has 4 rings (SSSR count). The summed E-state index contributed by atoms with van der Waals surface area (Å²) in [4.78, 5) is 16.9. The third-order valence-corrected chi connectivity index (χ3v) is 5.23. The van der Waals surface area contributed by atoms with Crippen LogP contribution < -0.4 is 10.1 Å². The maximum absolute atomic E-state index is 13.2. The third-order valence-electron chi connectivity index (χ3n) is 5.23. The van der Waals surface area contributed by atoms with Crippen molar-refractivity contribution in [3.63, 3.8) is 0 Å². The van der Waals surface area contributed by atoms with Gasteiger partial charge in [-0.05, 0) is 43.2 Å². The fraction of sp³-hybridized carbons (Fsp3) is 0.273. The quantitative estimate of drug-likeness (QED) is 0.658. The second-order valence-corrected chi connectivity index (χ2v) is 7.34. The van der Waals surface area contributed by atoms with Crippen LogP contribution in [0.5, 0.6) is 5.88 Å². The highest BCUT2D eigenvalue weighted by Gasteiger charge is 2.32. The highest BCUT2D eigenvalue weighted by atomic mass is 19.4. The Morgan fingerprint density at radius 2 is 2.09 bits per heavy atom. The van der Waals surface area contributed by atoms with Crippen LogP contribution in [0.4, 0.5) is 13.2 Å². The minimum atomic E-state index is -4.66. The third kappa shape index (κ3) is 4.27. The van der Waals surface area contributed by atoms with Crippen LogP contribution >= 0.6 is 0 Å². The summed E-state index contributed by atoms with van der Waals surface area (Å²) in [5.41, 5.74) is 0.736. The van der Waals surface area contributed by atoms with Crippen molar-refractivity contribution < 1.29 is 22.7 Å². The summed E-state index contributed by atoms with van der Waals surface area (Å²) >= 11 is 0. The number of halogens is 3. The van der Waals surface area contributed by atoms with Gasteiger partial charge in [0.2, 0.25) is 5.88 Å². The van der Waals surface area contributed by atoms with Crippen molar-refractivity contribution in [2.45, 2.75) is 31.6 Å². The van der Waals surface area contributed by atoms with Crippen molar-refractivity contribution in [2.24, 2.45) is 0 Å². The van der Waals surface area contributed by atoms with Crippen LogP contribution in [0.1, 0.15) is 46.1 Å². The zero-order chi connectivity index (χ0) is 22.9. The van der Waals surface area contributed by atoms with Gasteiger partial charge in [0.05, 0.1) is 41.7 Å². The number of aromatic nitrogens is 3. The molecule has 0 saturated carbocycles. The monoisotopic (exact) mass is 441 g/mol. The first kappa shape index (κ1) is 21.4. The zero-order valence-electron chi connectivity index (χ0n) is 17.0. The molecule has 0 bridgehead atoms. The lowest BCUT2D eigenvalue weighted by Crippen LogP contribution is -2.33. The van der Waals surface area contributed by atoms with E-state index >= 15 is 0 Å². The minimum absolute atomic E-state index is 0.216. The summed E-state index contributed by atoms with van der Waals surface area (Å²) in [6, 6.07) is 9.25. The number of alkyl halides is 3. The summed E-state index contributed by atoms with van der Waals surface area (Å²) in [6.45, 7) is 0.659. The van der Waals surface area contributed by atoms with Gasteiger partial charge >= 0.3 is 6.18 Å². The number of methoxy groups -OCH3 is 1. The van der Waals surface area contributed by atoms with Crippen molar-refractivity contribution in [2.75, 3.05) is 7.11 Å². The number of nitriles is 1. The fourth-order valence-corrected chi connectivity index (χ4v) is 3.68. The number of amides is 1. The molecule has 1 amide bonds. The number of nitrogens with one attached hydrogen (secondary N) is 1. The molecule has 0 spiro atoms. The van der Waals surface area contributed by atoms with Crippen molar-refractivity contribution in [1.82, 2.24) is 20.1 Å². The van der Waals surface area contributed by atoms with Gasteiger partial charge < -0.3 is 10.1 Å². The Kier molecular flexibility index (Phi) is 5.57. The van der Waals surface area contributed by atoms with Gasteiger partial charge in [0.25, 0.3) is 5.91 Å². The lowest BCUT2D eigenvalue weighted by Gasteiger charge is -2.24. The first-order valence-corrected chi connectivity index (χ1v) is 9.80. The second-order valence-electron chi connectivity index (χ2n) is 7.34. The molecule has 0 aliphatic carbocycles. The average molecular weight is 441 g/mol. The van der Waals surface area contributed by atoms with Gasteiger partial charge in [0.15, 0.2) is 0 Å². The molecule has 1 aromatic carbocycles. The average Bonchev–Trinajstić information content (AvgIpc) is 3.23. The molecule has 2 aromatic heterocycles. The van der Waals surface area contributed by atoms with Crippen LogP contribution in [0.3, 0.4) is 0 Å². The SMILES string of the molecule is COc1cc(-c2cc3n(n2)CCCC3NC(=O)c2cc(C#N)cc(C(F)(F)F)c2)ccn1. The maximum atomic E-state index is 13.2. The van der Waals surface area contributed by atoms with E-state index in [0.29, 0.717) is 24.5 Å². The Hall–Kier alpha value is -3.87. The Morgan fingerprint density at radius 1 is 1.28 bits per heavy atom. The predicted octanol–water partition coefficient (Wildman–Crippen LogP) is 4.11. The number of rotatable bonds is 4. The lowest BCUT2D eigenvalue weighted by atomic mass is 10.0. The molecule has 1 unspecified atom stereocenters. The number of carbonyl (C=O) groups is 1. The topological polar surface area (TPSA) is 92.8 Å². The number of pyridine rings is 1. The largest absolute Gasteiger partial charge is 0.481 e. The van der Waals surface area contributed by atoms with Crippen LogP contribution in [-0.2, 0) is 12.7 Å². The first-order valence-electron chi connectivity index (χ1n) is 9.80. The smallest absolute Gasteiger partial charge is 0.416 e. The van der Waals surface area contributed by atoms with E-state index in [1.165, 1.54) is 7.11 Å². The van der Waals surface area contributed by atoms with Gasteiger partial charge in [0, 0.05) is 29.9 Å². The molecular weight excluding hydrogens is 423 g/mol. The maximum Gasteiger partial charge on any atom is 0.416 e. The van der Waals surface area contributed by atoms with E-state index in [9.17, 15) is 18.0 Å². The second kappa shape index (κ2) is 8.34. The number of nitrogens with zero attached hydrogens (tertiary/aromatic N) is 4. The van der Waals surface area contributed by atoms with Gasteiger partial charge in [0.1, 0.15) is 0 Å². The molecule has 10 heteroatoms. The molecule has 1 aliphatic heterocycles. The van der Waals surface area contributed by atoms with Gasteiger partial charge in [-0.15, -0.1) is 0 Å². The van der Waals surface area contributed by atoms with Gasteiger partial charge in [-0.2, -0.15) is 23.5 Å². The fourth-order valence-electron chi connectivity index (χ4n) is 3.68. The molecular formula is C22H18F3N5O2. The first-order chi connectivity index (χ1) is 15.3. The minimum Gasteiger partial charge on any atom is -0.481 e. The Bertz CT molecular complexity index is 1210. The number of benzene rings is 1. The highest BCUT2D eigenvalue weighted by Crippen LogP contribution is 2.32. The summed E-state index contributed by atoms with van der Waals surface area (Å²) in [5.74, 6) is -0.240. The summed E-state index contributed by atoms with van der Waals surface area (Å²) in [5, 5.41) is 16.4. The molecule has 7 nitrogen and oxygen atoms in total. The standard InChI is InChI=1S/C22H18F3N5O2/c1-32-20-10-14(4-5-27-20)18-11-19-17(3-2-6-30(19)29-18)28-21(31)15-7-13(12-26)8-16(9-15)22(23,24)25/h4-5,7-11,17H,2-3,6H2,1H3,(H,28,31). The summed E-state index contributed by atoms with van der Waals surface area (Å²) in [6.07, 6.45) is -1.70. The molecule has 164 valence electrons. The van der Waals surface area contributed by atoms with Gasteiger partial charge in [-0.25, -0.2) is 4.98 Å². The number of fused-ring (bicyclic) bond motifs is 1. The van der Waals surface area contributed by atoms with E-state index in [1.807, 2.05) is 6.07 Å². The summed E-state index contributed by atoms with van der Waals surface area (Å²) < 4.78 is 46.4. The molecule has 32 heavy (non-hydrogen) atoms. The Labute approximate surface area is 181 Å². The number of hydrogen-bond acceptors (Lipinski definition) is 5. The van der Waals surface area contributed by atoms with E-state index in [2.05, 4.69) is 15.4 Å². The highest BCUT2D eigenvalue weighted by molar-refractivity contribution is 5.95. The van der Waals surface area contributed by atoms with Crippen molar-refractivity contribution >= 4 is 5.91 Å². The lowest BCUT2D eigenvalue weighted by molar-refractivity contribution is -0.137. The number of aryl methyl sites for hydroxylation is 1. The molecule has 0 fully saturated rings. The molecule has 0 saturated heterocycles. The normalized spacial score (nSPS) is 15.5. The molecule has 1 aliphatic rings. The molecule has 3 heterocycles. The van der Waals surface area contributed by atoms with Crippen LogP contribution in [0.2, 0.25) is 0 Å². The molecule has 0 radical (unpaired) electrons. The Balaban J connectivity index is 1.61. The van der Waals surface area contributed by atoms with E-state index in [4.69, 9.17) is 10.00 Å². The van der Waals surface area contributed by atoms with Gasteiger partial charge in [-0.3, -0.25) is 9.48 Å². The molecule has 3 aromatic rings. The number of hydrogen-bond donors (Lipinski definition) is 1. The van der Waals surface area contributed by atoms with Crippen LogP contribution in [-0.4, -0.2) is 27.8 Å². The van der Waals surface area contributed by atoms with Crippen LogP contribution in [0.15, 0.2) is 42.6 Å². The van der Waals surface area contributed by atoms with Gasteiger partial charge in [-0.1, -0.05) is 0 Å². The summed E-state index contributed by atoms with van der Waals surface area (Å²) in [7, 11) is 1.52. The van der Waals surface area contributed by atoms with Crippen molar-refractivity contribution in [3.05, 3.63) is 65.0 Å². The van der Waals surface area contributed by atoms with E-state index in [-0.39, 0.29) is 11.1 Å². The van der Waals surface area contributed by atoms with E-state index in [1.54, 1.807) is 29.1 Å². The van der Waals surface area contributed by atoms with Crippen LogP contribution in [0.25, 0.3) is 11.3 Å². The number of ether oxygens (including phenoxy) is 1. The van der Waals surface area contributed by atoms with Crippen LogP contribution in [0, 0.1) is 11.3 Å². The zero-order valence-corrected chi connectivity index (χ0v) is 17.0. The molecule has 1 N–H and O–H groups in total. The Morgan fingerprint density at radius 3 is 2.81 bits per heavy atom. The molecule has 1 atom stereocenters. The van der Waals surface area contributed by atoms with E-state index < -0.39 is 23.7 Å². The van der Waals surface area contributed by atoms with Crippen molar-refractivity contribution in [3.8, 4) is 23.2 Å². The predicted molar refractivity (Wildman–Crippen MR) is 108 cm³/mol. The van der Waals surface area contributed by atoms with Crippen molar-refractivity contribution in [1.29, 1.82) is 5.26 Å². The number of carbonyl (C=O) groups excluding carboxylic acids is 1.